The molecule has 0 bridgehead atoms. The molecule has 0 aliphatic heterocycles. The highest BCUT2D eigenvalue weighted by Crippen LogP contribution is 2.26. The molecule has 0 aromatic rings. The summed E-state index contributed by atoms with van der Waals surface area (Å²) in [4.78, 5) is 0. The third-order valence-corrected chi connectivity index (χ3v) is 7.96. The minimum atomic E-state index is 0.365. The van der Waals surface area contributed by atoms with Crippen molar-refractivity contribution in [2.24, 2.45) is 29.6 Å². The van der Waals surface area contributed by atoms with E-state index in [0.29, 0.717) is 11.8 Å². The van der Waals surface area contributed by atoms with E-state index < -0.39 is 0 Å². The average Bonchev–Trinajstić information content (AvgIpc) is 4.04. The van der Waals surface area contributed by atoms with Crippen molar-refractivity contribution in [1.82, 2.24) is 0 Å². The zero-order chi connectivity index (χ0) is 49.0. The van der Waals surface area contributed by atoms with Gasteiger partial charge in [-0.3, -0.25) is 0 Å². The maximum Gasteiger partial charge on any atom is -0.00475 e. The molecule has 0 aromatic heterocycles. The lowest BCUT2D eigenvalue weighted by Crippen LogP contribution is -1.97. The fourth-order valence-corrected chi connectivity index (χ4v) is 3.32. The smallest absolute Gasteiger partial charge is 0.00475 e. The summed E-state index contributed by atoms with van der Waals surface area (Å²) in [6, 6.07) is 0. The Hall–Kier alpha value is -2.44. The van der Waals surface area contributed by atoms with Crippen molar-refractivity contribution >= 4 is 0 Å². The summed E-state index contributed by atoms with van der Waals surface area (Å²) >= 11 is 0. The van der Waals surface area contributed by atoms with Crippen LogP contribution in [0.4, 0.5) is 0 Å². The number of allylic oxidation sites excluding steroid dienone is 9. The maximum absolute atomic E-state index is 5.39. The molecule has 0 spiro atoms. The molecule has 354 valence electrons. The molecule has 1 rings (SSSR count). The van der Waals surface area contributed by atoms with Gasteiger partial charge in [0.05, 0.1) is 0 Å². The van der Waals surface area contributed by atoms with Gasteiger partial charge in [-0.2, -0.15) is 0 Å². The average molecular weight is 828 g/mol. The Morgan fingerprint density at radius 1 is 0.661 bits per heavy atom. The molecular formula is C59H118. The van der Waals surface area contributed by atoms with Gasteiger partial charge in [-0.15, -0.1) is 25.8 Å². The first-order valence-electron chi connectivity index (χ1n) is 24.7. The minimum Gasteiger partial charge on any atom is -0.124 e. The van der Waals surface area contributed by atoms with Crippen LogP contribution in [-0.2, 0) is 0 Å². The van der Waals surface area contributed by atoms with Crippen LogP contribution in [-0.4, -0.2) is 0 Å². The lowest BCUT2D eigenvalue weighted by Gasteiger charge is -2.09. The Kier molecular flexibility index (Phi) is 109. The molecule has 0 nitrogen and oxygen atoms in total. The van der Waals surface area contributed by atoms with E-state index >= 15 is 0 Å². The summed E-state index contributed by atoms with van der Waals surface area (Å²) in [6.07, 6.45) is 43.1. The highest BCUT2D eigenvalue weighted by Gasteiger charge is 2.12. The summed E-state index contributed by atoms with van der Waals surface area (Å²) in [7, 11) is 0. The molecule has 0 aromatic carbocycles. The molecule has 1 saturated carbocycles. The zero-order valence-corrected chi connectivity index (χ0v) is 45.7. The topological polar surface area (TPSA) is 0 Å². The van der Waals surface area contributed by atoms with E-state index in [-0.39, 0.29) is 0 Å². The van der Waals surface area contributed by atoms with Crippen LogP contribution in [0.5, 0.6) is 0 Å². The Balaban J connectivity index is -0.0000000678. The summed E-state index contributed by atoms with van der Waals surface area (Å²) < 4.78 is 0. The van der Waals surface area contributed by atoms with Crippen LogP contribution in [0.2, 0.25) is 0 Å². The molecule has 59 heavy (non-hydrogen) atoms. The third kappa shape index (κ3) is 119. The van der Waals surface area contributed by atoms with Crippen LogP contribution in [0, 0.1) is 54.8 Å². The number of unbranched alkanes of at least 4 members (excludes halogenated alkanes) is 5. The van der Waals surface area contributed by atoms with Crippen molar-refractivity contribution in [3.05, 3.63) is 72.4 Å². The van der Waals surface area contributed by atoms with E-state index in [9.17, 15) is 0 Å². The molecule has 0 amide bonds. The van der Waals surface area contributed by atoms with Crippen LogP contribution >= 0.6 is 0 Å². The second kappa shape index (κ2) is 79.7. The predicted molar refractivity (Wildman–Crippen MR) is 290 cm³/mol. The Morgan fingerprint density at radius 3 is 1.27 bits per heavy atom. The largest absolute Gasteiger partial charge is 0.124 e. The first-order chi connectivity index (χ1) is 27.9. The second-order valence-corrected chi connectivity index (χ2v) is 15.5. The maximum atomic E-state index is 5.39. The van der Waals surface area contributed by atoms with Gasteiger partial charge in [-0.1, -0.05) is 256 Å². The van der Waals surface area contributed by atoms with Crippen LogP contribution in [0.1, 0.15) is 256 Å². The van der Waals surface area contributed by atoms with E-state index in [0.717, 1.165) is 36.2 Å². The van der Waals surface area contributed by atoms with E-state index in [1.165, 1.54) is 100 Å². The van der Waals surface area contributed by atoms with Crippen molar-refractivity contribution in [3.8, 4) is 25.2 Å². The molecule has 0 saturated heterocycles. The molecule has 0 radical (unpaired) electrons. The van der Waals surface area contributed by atoms with Gasteiger partial charge in [0.2, 0.25) is 0 Å². The van der Waals surface area contributed by atoms with Gasteiger partial charge >= 0.3 is 0 Å². The Morgan fingerprint density at radius 2 is 1.03 bits per heavy atom. The van der Waals surface area contributed by atoms with Gasteiger partial charge in [0.25, 0.3) is 0 Å². The Labute approximate surface area is 381 Å². The predicted octanol–water partition coefficient (Wildman–Crippen LogP) is 21.9. The summed E-state index contributed by atoms with van der Waals surface area (Å²) in [5, 5.41) is 0. The van der Waals surface area contributed by atoms with Gasteiger partial charge in [0.15, 0.2) is 0 Å². The first-order valence-corrected chi connectivity index (χ1v) is 24.7. The van der Waals surface area contributed by atoms with Gasteiger partial charge in [0.1, 0.15) is 0 Å². The van der Waals surface area contributed by atoms with Crippen molar-refractivity contribution in [1.29, 1.82) is 0 Å². The molecule has 0 heteroatoms. The monoisotopic (exact) mass is 827 g/mol. The van der Waals surface area contributed by atoms with E-state index in [2.05, 4.69) is 167 Å². The summed E-state index contributed by atoms with van der Waals surface area (Å²) in [5.41, 5.74) is 4.97. The molecule has 1 aliphatic rings. The third-order valence-electron chi connectivity index (χ3n) is 7.96. The van der Waals surface area contributed by atoms with Crippen LogP contribution in [0.3, 0.4) is 0 Å². The molecule has 0 N–H and O–H groups in total. The van der Waals surface area contributed by atoms with Crippen LogP contribution in [0.15, 0.2) is 72.4 Å². The molecule has 1 fully saturated rings. The highest BCUT2D eigenvalue weighted by atomic mass is 14.2. The van der Waals surface area contributed by atoms with Crippen LogP contribution in [0.25, 0.3) is 0 Å². The normalized spacial score (nSPS) is 11.6. The van der Waals surface area contributed by atoms with E-state index in [1.807, 2.05) is 61.5 Å². The van der Waals surface area contributed by atoms with Crippen molar-refractivity contribution in [3.63, 3.8) is 0 Å². The molecule has 1 aliphatic carbocycles. The second-order valence-electron chi connectivity index (χ2n) is 15.5. The van der Waals surface area contributed by atoms with Gasteiger partial charge in [0, 0.05) is 0 Å². The van der Waals surface area contributed by atoms with Gasteiger partial charge in [-0.25, -0.2) is 0 Å². The van der Waals surface area contributed by atoms with Crippen molar-refractivity contribution in [2.45, 2.75) is 256 Å². The lowest BCUT2D eigenvalue weighted by atomic mass is 9.97. The zero-order valence-electron chi connectivity index (χ0n) is 45.7. The number of hydrogen-bond donors (Lipinski definition) is 0. The van der Waals surface area contributed by atoms with Gasteiger partial charge in [-0.05, 0) is 101 Å². The standard InChI is InChI=1S/C23H36.C7H14.C5H10.C4H8.3C4H10.3C2H6.C2H2/c1-8-10-14-20(4)15-12-11-13-16-22(6)23(7)18-21(5)17-19(3)9-2;1-5-7(4)6(2)3;1-3-5-4-2;1-4-2-3-4;1-4(2)3;2*1-3-4-2;4*1-2/h2,17-18,21H,4,6,8,10-16H2,1,3,5,7H3;5-7H,1H2,2-4H3;3,5H,4H2,1-2H3;4H,2-3H2,1H3;4H,1-3H3;2*3-4H2,1-2H3;3*1-2H3;1-2H/b19-17?,23-18+;;5-3+;;;;;;;;. The molecule has 2 atom stereocenters. The number of hydrogen-bond acceptors (Lipinski definition) is 0. The van der Waals surface area contributed by atoms with E-state index in [4.69, 9.17) is 6.42 Å². The number of terminal acetylenes is 2. The summed E-state index contributed by atoms with van der Waals surface area (Å²) in [5.74, 6) is 6.37. The Bertz CT molecular complexity index is 875. The van der Waals surface area contributed by atoms with Gasteiger partial charge < -0.3 is 0 Å². The fourth-order valence-electron chi connectivity index (χ4n) is 3.32. The fraction of sp³-hybridized carbons (Fsp3) is 0.729. The lowest BCUT2D eigenvalue weighted by molar-refractivity contribution is 0.505. The quantitative estimate of drug-likeness (QED) is 0.0593. The van der Waals surface area contributed by atoms with Crippen molar-refractivity contribution < 1.29 is 0 Å². The first kappa shape index (κ1) is 80.5. The minimum absolute atomic E-state index is 0.365. The van der Waals surface area contributed by atoms with Crippen LogP contribution < -0.4 is 0 Å². The highest BCUT2D eigenvalue weighted by molar-refractivity contribution is 5.30. The molecule has 0 heterocycles. The molecular weight excluding hydrogens is 709 g/mol. The SMILES string of the molecule is C#C.C#CC(C)=CC(C)/C=C(\C)C(=C)CCCCCC(=C)CCCC.C/C=C/CC.C=CC(C)C(C)C.CC.CC.CC.CC(C)C.CC1CC1.CCCC.CCCC. The summed E-state index contributed by atoms with van der Waals surface area (Å²) in [6.45, 7) is 60.9. The molecule has 2 unspecified atom stereocenters. The van der Waals surface area contributed by atoms with Crippen molar-refractivity contribution in [2.75, 3.05) is 0 Å². The van der Waals surface area contributed by atoms with E-state index in [1.54, 1.807) is 0 Å². The number of rotatable bonds is 17.